The summed E-state index contributed by atoms with van der Waals surface area (Å²) in [7, 11) is 1.92. The summed E-state index contributed by atoms with van der Waals surface area (Å²) in [6.45, 7) is 0. The predicted molar refractivity (Wildman–Crippen MR) is 103 cm³/mol. The second-order valence-corrected chi connectivity index (χ2v) is 6.93. The van der Waals surface area contributed by atoms with Crippen molar-refractivity contribution in [3.05, 3.63) is 65.3 Å². The lowest BCUT2D eigenvalue weighted by Gasteiger charge is -1.98. The van der Waals surface area contributed by atoms with Gasteiger partial charge in [0.15, 0.2) is 0 Å². The highest BCUT2D eigenvalue weighted by Gasteiger charge is 2.10. The number of amides is 1. The Balaban J connectivity index is 1.39. The molecule has 136 valence electrons. The molecule has 27 heavy (non-hydrogen) atoms. The van der Waals surface area contributed by atoms with Crippen LogP contribution in [0.1, 0.15) is 12.3 Å². The fourth-order valence-electron chi connectivity index (χ4n) is 2.63. The van der Waals surface area contributed by atoms with E-state index < -0.39 is 0 Å². The minimum atomic E-state index is -0.202. The number of para-hydroxylation sites is 1. The molecule has 2 heterocycles. The van der Waals surface area contributed by atoms with Crippen LogP contribution in [-0.4, -0.2) is 20.7 Å². The molecule has 8 heteroatoms. The first-order valence-electron chi connectivity index (χ1n) is 8.45. The van der Waals surface area contributed by atoms with Crippen LogP contribution in [0.5, 0.6) is 0 Å². The maximum atomic E-state index is 12.1. The summed E-state index contributed by atoms with van der Waals surface area (Å²) in [6.07, 6.45) is 0.578. The molecule has 0 aliphatic carbocycles. The number of fused-ring (bicyclic) bond motifs is 1. The van der Waals surface area contributed by atoms with Gasteiger partial charge in [-0.25, -0.2) is 5.43 Å². The molecule has 0 aliphatic rings. The van der Waals surface area contributed by atoms with Gasteiger partial charge in [0.05, 0.1) is 10.2 Å². The first-order chi connectivity index (χ1) is 13.2. The molecule has 0 spiro atoms. The van der Waals surface area contributed by atoms with Crippen LogP contribution in [0.25, 0.3) is 21.7 Å². The summed E-state index contributed by atoms with van der Waals surface area (Å²) in [5.74, 6) is 0.677. The largest absolute Gasteiger partial charge is 0.421 e. The topological polar surface area (TPSA) is 85.3 Å². The minimum absolute atomic E-state index is 0.202. The van der Waals surface area contributed by atoms with Gasteiger partial charge in [-0.15, -0.1) is 15.3 Å². The highest BCUT2D eigenvalue weighted by Crippen LogP contribution is 2.17. The monoisotopic (exact) mass is 379 g/mol. The van der Waals surface area contributed by atoms with E-state index in [9.17, 15) is 4.79 Å². The van der Waals surface area contributed by atoms with Gasteiger partial charge in [-0.3, -0.25) is 4.79 Å². The van der Waals surface area contributed by atoms with Crippen molar-refractivity contribution >= 4 is 27.5 Å². The van der Waals surface area contributed by atoms with Gasteiger partial charge < -0.3 is 8.98 Å². The molecular formula is C19H17N5O2S. The molecule has 4 aromatic rings. The number of nitrogens with one attached hydrogen (secondary N) is 1. The Morgan fingerprint density at radius 2 is 1.93 bits per heavy atom. The quantitative estimate of drug-likeness (QED) is 0.540. The van der Waals surface area contributed by atoms with Crippen LogP contribution in [-0.2, 0) is 18.3 Å². The van der Waals surface area contributed by atoms with Gasteiger partial charge in [0.2, 0.25) is 22.5 Å². The second-order valence-electron chi connectivity index (χ2n) is 5.93. The smallest absolute Gasteiger partial charge is 0.247 e. The summed E-state index contributed by atoms with van der Waals surface area (Å²) in [4.78, 5) is 12.8. The van der Waals surface area contributed by atoms with E-state index in [2.05, 4.69) is 20.7 Å². The highest BCUT2D eigenvalue weighted by atomic mass is 32.1. The molecule has 0 aliphatic heterocycles. The number of carbonyl (C=O) groups excluding carboxylic acids is 1. The van der Waals surface area contributed by atoms with Gasteiger partial charge >= 0.3 is 0 Å². The van der Waals surface area contributed by atoms with E-state index >= 15 is 0 Å². The molecule has 2 aromatic heterocycles. The Bertz CT molecular complexity index is 1140. The second kappa shape index (κ2) is 7.55. The van der Waals surface area contributed by atoms with Crippen LogP contribution in [0, 0.1) is 0 Å². The van der Waals surface area contributed by atoms with Crippen LogP contribution in [0.15, 0.2) is 64.1 Å². The summed E-state index contributed by atoms with van der Waals surface area (Å²) in [6, 6.07) is 17.5. The van der Waals surface area contributed by atoms with E-state index in [1.807, 2.05) is 66.2 Å². The third kappa shape index (κ3) is 3.80. The van der Waals surface area contributed by atoms with Gasteiger partial charge in [0, 0.05) is 25.5 Å². The Hall–Kier alpha value is -3.26. The van der Waals surface area contributed by atoms with Crippen LogP contribution in [0.4, 0.5) is 0 Å². The molecule has 0 unspecified atom stereocenters. The highest BCUT2D eigenvalue weighted by molar-refractivity contribution is 7.16. The van der Waals surface area contributed by atoms with Gasteiger partial charge in [-0.1, -0.05) is 41.7 Å². The number of carbonyl (C=O) groups is 1. The van der Waals surface area contributed by atoms with Crippen molar-refractivity contribution in [3.63, 3.8) is 0 Å². The normalized spacial score (nSPS) is 11.8. The Morgan fingerprint density at radius 3 is 2.74 bits per heavy atom. The number of hydrogen-bond donors (Lipinski definition) is 1. The fourth-order valence-corrected chi connectivity index (χ4v) is 3.61. The number of benzene rings is 2. The van der Waals surface area contributed by atoms with Gasteiger partial charge in [-0.2, -0.15) is 0 Å². The summed E-state index contributed by atoms with van der Waals surface area (Å²) < 4.78 is 8.67. The first-order valence-corrected chi connectivity index (χ1v) is 9.27. The lowest BCUT2D eigenvalue weighted by Crippen LogP contribution is -2.23. The van der Waals surface area contributed by atoms with E-state index in [1.165, 1.54) is 11.3 Å². The number of aryl methyl sites for hydroxylation is 2. The summed E-state index contributed by atoms with van der Waals surface area (Å²) in [5, 5.41) is 12.2. The molecule has 2 aromatic carbocycles. The number of rotatable bonds is 5. The number of hydrogen-bond acceptors (Lipinski definition) is 6. The standard InChI is InChI=1S/C19H17N5O2S/c1-24-14-9-5-6-10-15(14)27-19(24)23-20-16(25)11-12-17-21-22-18(26-17)13-7-3-2-4-8-13/h2-10H,11-12H2,1H3,(H,20,25)/b23-19-. The third-order valence-electron chi connectivity index (χ3n) is 4.04. The van der Waals surface area contributed by atoms with Crippen molar-refractivity contribution in [2.45, 2.75) is 12.8 Å². The summed E-state index contributed by atoms with van der Waals surface area (Å²) >= 11 is 1.52. The SMILES string of the molecule is Cn1/c(=N/NC(=O)CCc2nnc(-c3ccccc3)o2)sc2ccccc21. The molecule has 7 nitrogen and oxygen atoms in total. The lowest BCUT2D eigenvalue weighted by atomic mass is 10.2. The molecule has 1 N–H and O–H groups in total. The first kappa shape index (κ1) is 17.2. The summed E-state index contributed by atoms with van der Waals surface area (Å²) in [5.41, 5.74) is 4.53. The predicted octanol–water partition coefficient (Wildman–Crippen LogP) is 2.85. The van der Waals surface area contributed by atoms with Crippen molar-refractivity contribution in [1.82, 2.24) is 20.2 Å². The van der Waals surface area contributed by atoms with Crippen molar-refractivity contribution in [2.24, 2.45) is 12.1 Å². The van der Waals surface area contributed by atoms with Crippen molar-refractivity contribution in [3.8, 4) is 11.5 Å². The van der Waals surface area contributed by atoms with E-state index in [0.29, 0.717) is 18.2 Å². The van der Waals surface area contributed by atoms with Gasteiger partial charge in [0.25, 0.3) is 0 Å². The fraction of sp³-hybridized carbons (Fsp3) is 0.158. The van der Waals surface area contributed by atoms with Crippen molar-refractivity contribution < 1.29 is 9.21 Å². The maximum Gasteiger partial charge on any atom is 0.247 e. The molecule has 0 radical (unpaired) electrons. The van der Waals surface area contributed by atoms with Crippen LogP contribution in [0.2, 0.25) is 0 Å². The Kier molecular flexibility index (Phi) is 4.80. The third-order valence-corrected chi connectivity index (χ3v) is 5.16. The van der Waals surface area contributed by atoms with Gasteiger partial charge in [0.1, 0.15) is 0 Å². The molecule has 0 atom stereocenters. The molecule has 1 amide bonds. The Labute approximate surface area is 159 Å². The van der Waals surface area contributed by atoms with E-state index in [0.717, 1.165) is 20.6 Å². The zero-order valence-corrected chi connectivity index (χ0v) is 15.4. The Morgan fingerprint density at radius 1 is 1.15 bits per heavy atom. The number of thiazole rings is 1. The van der Waals surface area contributed by atoms with Gasteiger partial charge in [-0.05, 0) is 24.3 Å². The molecule has 0 fully saturated rings. The zero-order valence-electron chi connectivity index (χ0n) is 14.6. The van der Waals surface area contributed by atoms with Crippen molar-refractivity contribution in [2.75, 3.05) is 0 Å². The van der Waals surface area contributed by atoms with E-state index in [1.54, 1.807) is 0 Å². The molecule has 4 rings (SSSR count). The zero-order chi connectivity index (χ0) is 18.6. The maximum absolute atomic E-state index is 12.1. The average Bonchev–Trinajstić information content (AvgIpc) is 3.31. The van der Waals surface area contributed by atoms with Crippen LogP contribution >= 0.6 is 11.3 Å². The lowest BCUT2D eigenvalue weighted by molar-refractivity contribution is -0.121. The average molecular weight is 379 g/mol. The number of aromatic nitrogens is 3. The van der Waals surface area contributed by atoms with Crippen LogP contribution < -0.4 is 10.2 Å². The van der Waals surface area contributed by atoms with E-state index in [4.69, 9.17) is 4.42 Å². The molecular weight excluding hydrogens is 362 g/mol. The number of nitrogens with zero attached hydrogens (tertiary/aromatic N) is 4. The van der Waals surface area contributed by atoms with Crippen molar-refractivity contribution in [1.29, 1.82) is 0 Å². The minimum Gasteiger partial charge on any atom is -0.421 e. The van der Waals surface area contributed by atoms with E-state index in [-0.39, 0.29) is 12.3 Å². The molecule has 0 saturated carbocycles. The molecule has 0 saturated heterocycles. The molecule has 0 bridgehead atoms. The van der Waals surface area contributed by atoms with Crippen LogP contribution in [0.3, 0.4) is 0 Å².